The van der Waals surface area contributed by atoms with E-state index in [0.29, 0.717) is 17.7 Å². The van der Waals surface area contributed by atoms with E-state index in [2.05, 4.69) is 5.32 Å². The number of hydrogen-bond donors (Lipinski definition) is 1. The third-order valence-electron chi connectivity index (χ3n) is 4.88. The average molecular weight is 380 g/mol. The lowest BCUT2D eigenvalue weighted by molar-refractivity contribution is -0.124. The smallest absolute Gasteiger partial charge is 0.338 e. The molecule has 1 atom stereocenters. The van der Waals surface area contributed by atoms with Gasteiger partial charge in [0.1, 0.15) is 0 Å². The van der Waals surface area contributed by atoms with E-state index in [-0.39, 0.29) is 24.6 Å². The molecule has 1 N–H and O–H groups in total. The second-order valence-electron chi connectivity index (χ2n) is 7.08. The molecule has 1 aliphatic carbocycles. The summed E-state index contributed by atoms with van der Waals surface area (Å²) in [5.74, 6) is -0.872. The molecule has 1 fully saturated rings. The Hall–Kier alpha value is -2.09. The van der Waals surface area contributed by atoms with Crippen LogP contribution < -0.4 is 9.62 Å². The largest absolute Gasteiger partial charge is 0.452 e. The molecule has 1 aliphatic heterocycles. The summed E-state index contributed by atoms with van der Waals surface area (Å²) in [6, 6.07) is 4.79. The van der Waals surface area contributed by atoms with Crippen LogP contribution in [0.2, 0.25) is 0 Å². The Morgan fingerprint density at radius 3 is 2.62 bits per heavy atom. The molecular formula is C18H24N2O5S. The number of hydrogen-bond acceptors (Lipinski definition) is 5. The molecule has 1 amide bonds. The molecule has 0 aromatic heterocycles. The van der Waals surface area contributed by atoms with Gasteiger partial charge in [0.25, 0.3) is 5.91 Å². The van der Waals surface area contributed by atoms with Crippen LogP contribution in [0.4, 0.5) is 5.69 Å². The monoisotopic (exact) mass is 380 g/mol. The lowest BCUT2D eigenvalue weighted by atomic mass is 10.1. The zero-order chi connectivity index (χ0) is 18.9. The SMILES string of the molecule is C[C@H]1Cc2cc(C(=O)OCC(=O)NC3CCCC3)ccc2N1S(C)(=O)=O. The second kappa shape index (κ2) is 7.26. The minimum atomic E-state index is -3.37. The van der Waals surface area contributed by atoms with Gasteiger partial charge < -0.3 is 10.1 Å². The lowest BCUT2D eigenvalue weighted by Crippen LogP contribution is -2.35. The molecule has 0 spiro atoms. The Labute approximate surface area is 153 Å². The van der Waals surface area contributed by atoms with Crippen LogP contribution in [0.3, 0.4) is 0 Å². The van der Waals surface area contributed by atoms with Crippen molar-refractivity contribution in [1.82, 2.24) is 5.32 Å². The molecular weight excluding hydrogens is 356 g/mol. The number of ether oxygens (including phenoxy) is 1. The van der Waals surface area contributed by atoms with E-state index < -0.39 is 16.0 Å². The number of fused-ring (bicyclic) bond motifs is 1. The third-order valence-corrected chi connectivity index (χ3v) is 6.15. The predicted octanol–water partition coefficient (Wildman–Crippen LogP) is 1.61. The first kappa shape index (κ1) is 18.7. The minimum absolute atomic E-state index is 0.185. The van der Waals surface area contributed by atoms with Gasteiger partial charge in [0.05, 0.1) is 17.5 Å². The van der Waals surface area contributed by atoms with Crippen LogP contribution in [-0.2, 0) is 26.0 Å². The highest BCUT2D eigenvalue weighted by Gasteiger charge is 2.33. The molecule has 3 rings (SSSR count). The van der Waals surface area contributed by atoms with Gasteiger partial charge in [-0.05, 0) is 49.9 Å². The summed E-state index contributed by atoms with van der Waals surface area (Å²) in [7, 11) is -3.37. The minimum Gasteiger partial charge on any atom is -0.452 e. The molecule has 0 saturated heterocycles. The van der Waals surface area contributed by atoms with E-state index in [1.54, 1.807) is 12.1 Å². The Balaban J connectivity index is 1.62. The third kappa shape index (κ3) is 4.00. The normalized spacial score (nSPS) is 20.1. The molecule has 0 radical (unpaired) electrons. The number of nitrogens with zero attached hydrogens (tertiary/aromatic N) is 1. The summed E-state index contributed by atoms with van der Waals surface area (Å²) in [4.78, 5) is 24.1. The van der Waals surface area contributed by atoms with E-state index in [0.717, 1.165) is 31.2 Å². The van der Waals surface area contributed by atoms with E-state index >= 15 is 0 Å². The number of carbonyl (C=O) groups is 2. The highest BCUT2D eigenvalue weighted by atomic mass is 32.2. The Kier molecular flexibility index (Phi) is 5.22. The molecule has 2 aliphatic rings. The molecule has 0 unspecified atom stereocenters. The van der Waals surface area contributed by atoms with Crippen molar-refractivity contribution in [3.05, 3.63) is 29.3 Å². The first-order valence-corrected chi connectivity index (χ1v) is 10.7. The van der Waals surface area contributed by atoms with Crippen molar-refractivity contribution in [2.24, 2.45) is 0 Å². The van der Waals surface area contributed by atoms with Crippen LogP contribution in [0.5, 0.6) is 0 Å². The van der Waals surface area contributed by atoms with Gasteiger partial charge in [-0.25, -0.2) is 13.2 Å². The Morgan fingerprint density at radius 1 is 1.27 bits per heavy atom. The number of carbonyl (C=O) groups excluding carboxylic acids is 2. The number of sulfonamides is 1. The van der Waals surface area contributed by atoms with E-state index in [4.69, 9.17) is 4.74 Å². The first-order chi connectivity index (χ1) is 12.3. The van der Waals surface area contributed by atoms with Crippen molar-refractivity contribution in [3.8, 4) is 0 Å². The van der Waals surface area contributed by atoms with Crippen molar-refractivity contribution in [1.29, 1.82) is 0 Å². The van der Waals surface area contributed by atoms with Crippen molar-refractivity contribution in [2.75, 3.05) is 17.2 Å². The number of nitrogens with one attached hydrogen (secondary N) is 1. The van der Waals surface area contributed by atoms with Gasteiger partial charge in [0.2, 0.25) is 10.0 Å². The van der Waals surface area contributed by atoms with E-state index in [9.17, 15) is 18.0 Å². The van der Waals surface area contributed by atoms with Gasteiger partial charge in [-0.3, -0.25) is 9.10 Å². The van der Waals surface area contributed by atoms with E-state index in [1.807, 2.05) is 6.92 Å². The summed E-state index contributed by atoms with van der Waals surface area (Å²) in [5.41, 5.74) is 1.70. The fraction of sp³-hybridized carbons (Fsp3) is 0.556. The molecule has 1 aromatic rings. The van der Waals surface area contributed by atoms with Crippen molar-refractivity contribution < 1.29 is 22.7 Å². The Bertz CT molecular complexity index is 815. The summed E-state index contributed by atoms with van der Waals surface area (Å²) >= 11 is 0. The van der Waals surface area contributed by atoms with Crippen LogP contribution in [0, 0.1) is 0 Å². The number of benzene rings is 1. The predicted molar refractivity (Wildman–Crippen MR) is 97.6 cm³/mol. The summed E-state index contributed by atoms with van der Waals surface area (Å²) < 4.78 is 30.3. The fourth-order valence-corrected chi connectivity index (χ4v) is 5.05. The highest BCUT2D eigenvalue weighted by Crippen LogP contribution is 2.34. The van der Waals surface area contributed by atoms with Gasteiger partial charge in [-0.15, -0.1) is 0 Å². The van der Waals surface area contributed by atoms with Crippen LogP contribution in [0.1, 0.15) is 48.5 Å². The maximum atomic E-state index is 12.2. The van der Waals surface area contributed by atoms with Gasteiger partial charge in [0.15, 0.2) is 6.61 Å². The van der Waals surface area contributed by atoms with Crippen LogP contribution >= 0.6 is 0 Å². The summed E-state index contributed by atoms with van der Waals surface area (Å²) in [6.07, 6.45) is 5.88. The average Bonchev–Trinajstić information content (AvgIpc) is 3.17. The number of esters is 1. The lowest BCUT2D eigenvalue weighted by Gasteiger charge is -2.21. The van der Waals surface area contributed by atoms with Crippen molar-refractivity contribution in [3.63, 3.8) is 0 Å². The molecule has 1 heterocycles. The van der Waals surface area contributed by atoms with Crippen LogP contribution in [0.15, 0.2) is 18.2 Å². The summed E-state index contributed by atoms with van der Waals surface area (Å²) in [6.45, 7) is 1.52. The van der Waals surface area contributed by atoms with Crippen LogP contribution in [0.25, 0.3) is 0 Å². The van der Waals surface area contributed by atoms with Crippen molar-refractivity contribution in [2.45, 2.75) is 51.1 Å². The maximum absolute atomic E-state index is 12.2. The number of anilines is 1. The van der Waals surface area contributed by atoms with Gasteiger partial charge >= 0.3 is 5.97 Å². The quantitative estimate of drug-likeness (QED) is 0.784. The van der Waals surface area contributed by atoms with Crippen molar-refractivity contribution >= 4 is 27.6 Å². The fourth-order valence-electron chi connectivity index (χ4n) is 3.79. The first-order valence-electron chi connectivity index (χ1n) is 8.84. The highest BCUT2D eigenvalue weighted by molar-refractivity contribution is 7.92. The zero-order valence-corrected chi connectivity index (χ0v) is 15.8. The molecule has 26 heavy (non-hydrogen) atoms. The standard InChI is InChI=1S/C18H24N2O5S/c1-12-9-14-10-13(7-8-16(14)20(12)26(2,23)24)18(22)25-11-17(21)19-15-5-3-4-6-15/h7-8,10,12,15H,3-6,9,11H2,1-2H3,(H,19,21)/t12-/m0/s1. The van der Waals surface area contributed by atoms with Gasteiger partial charge in [-0.2, -0.15) is 0 Å². The molecule has 1 saturated carbocycles. The molecule has 8 heteroatoms. The topological polar surface area (TPSA) is 92.8 Å². The molecule has 0 bridgehead atoms. The van der Waals surface area contributed by atoms with Crippen LogP contribution in [-0.4, -0.2) is 45.2 Å². The molecule has 7 nitrogen and oxygen atoms in total. The molecule has 1 aromatic carbocycles. The Morgan fingerprint density at radius 2 is 1.96 bits per heavy atom. The van der Waals surface area contributed by atoms with E-state index in [1.165, 1.54) is 16.6 Å². The zero-order valence-electron chi connectivity index (χ0n) is 15.0. The van der Waals surface area contributed by atoms with Gasteiger partial charge in [0, 0.05) is 12.1 Å². The maximum Gasteiger partial charge on any atom is 0.338 e. The van der Waals surface area contributed by atoms with Gasteiger partial charge in [-0.1, -0.05) is 12.8 Å². The summed E-state index contributed by atoms with van der Waals surface area (Å²) in [5, 5.41) is 2.87. The number of rotatable bonds is 5. The second-order valence-corrected chi connectivity index (χ2v) is 8.94. The number of amides is 1. The molecule has 142 valence electrons.